The molecule has 0 radical (unpaired) electrons. The van der Waals surface area contributed by atoms with E-state index in [1.54, 1.807) is 0 Å². The van der Waals surface area contributed by atoms with Crippen LogP contribution in [0.15, 0.2) is 0 Å². The van der Waals surface area contributed by atoms with Gasteiger partial charge in [0.1, 0.15) is 24.4 Å². The molecule has 0 aliphatic carbocycles. The van der Waals surface area contributed by atoms with E-state index in [0.29, 0.717) is 0 Å². The Bertz CT molecular complexity index is 563. The second-order valence-electron chi connectivity index (χ2n) is 3.97. The molecule has 120 valence electrons. The summed E-state index contributed by atoms with van der Waals surface area (Å²) in [5, 5.41) is 38.1. The van der Waals surface area contributed by atoms with Gasteiger partial charge in [0.25, 0.3) is 10.1 Å². The van der Waals surface area contributed by atoms with E-state index in [2.05, 4.69) is 9.29 Å². The minimum atomic E-state index is -4.90. The maximum Gasteiger partial charge on any atom is 0.333 e. The van der Waals surface area contributed by atoms with Crippen molar-refractivity contribution in [2.24, 2.45) is 0 Å². The lowest BCUT2D eigenvalue weighted by Crippen LogP contribution is -2.66. The Hall–Kier alpha value is -0.420. The van der Waals surface area contributed by atoms with E-state index in [4.69, 9.17) is 5.98 Å². The molecule has 20 heavy (non-hydrogen) atoms. The van der Waals surface area contributed by atoms with E-state index in [1.165, 1.54) is 4.72 Å². The number of nitrogens with one attached hydrogen (secondary N) is 1. The van der Waals surface area contributed by atoms with Crippen molar-refractivity contribution in [2.75, 3.05) is 0 Å². The molecule has 0 spiro atoms. The average molecular weight is 340 g/mol. The largest absolute Gasteiger partial charge is 0.388 e. The van der Waals surface area contributed by atoms with E-state index in [1.807, 2.05) is 0 Å². The third-order valence-corrected chi connectivity index (χ3v) is 3.95. The van der Waals surface area contributed by atoms with Gasteiger partial charge in [-0.15, -0.1) is 0 Å². The molecular weight excluding hydrogens is 326 g/mol. The van der Waals surface area contributed by atoms with Crippen LogP contribution < -0.4 is 4.72 Å². The highest BCUT2D eigenvalue weighted by molar-refractivity contribution is 7.86. The monoisotopic (exact) mass is 340 g/mol. The normalized spacial score (nSPS) is 38.2. The summed E-state index contributed by atoms with van der Waals surface area (Å²) in [6.45, 7) is 0. The molecule has 1 heterocycles. The van der Waals surface area contributed by atoms with Crippen LogP contribution in [0.1, 0.15) is 0 Å². The summed E-state index contributed by atoms with van der Waals surface area (Å²) in [5.74, 6) is 0. The SMILES string of the molecule is [2H]OS(=O)(=O)C(O)[C@H]1OC(O)[C@H](NS(=O)(=O)O)[C@@H](O)[C@@H]1O. The van der Waals surface area contributed by atoms with Crippen LogP contribution in [0.5, 0.6) is 0 Å². The van der Waals surface area contributed by atoms with Crippen molar-refractivity contribution in [3.8, 4) is 0 Å². The van der Waals surface area contributed by atoms with Gasteiger partial charge in [-0.2, -0.15) is 21.6 Å². The number of hydrogen-bond donors (Lipinski definition) is 7. The van der Waals surface area contributed by atoms with Gasteiger partial charge in [-0.25, -0.2) is 0 Å². The molecule has 2 unspecified atom stereocenters. The fraction of sp³-hybridized carbons (Fsp3) is 1.00. The second kappa shape index (κ2) is 5.76. The van der Waals surface area contributed by atoms with E-state index in [9.17, 15) is 37.3 Å². The zero-order valence-electron chi connectivity index (χ0n) is 10.5. The van der Waals surface area contributed by atoms with Gasteiger partial charge in [-0.05, 0) is 0 Å². The Morgan fingerprint density at radius 2 is 1.70 bits per heavy atom. The molecule has 0 amide bonds. The minimum Gasteiger partial charge on any atom is -0.388 e. The van der Waals surface area contributed by atoms with Crippen LogP contribution in [-0.2, 0) is 25.2 Å². The van der Waals surface area contributed by atoms with Crippen molar-refractivity contribution in [3.05, 3.63) is 0 Å². The van der Waals surface area contributed by atoms with Crippen LogP contribution in [-0.4, -0.2) is 82.4 Å². The fourth-order valence-electron chi connectivity index (χ4n) is 1.60. The summed E-state index contributed by atoms with van der Waals surface area (Å²) in [7, 11) is -9.78. The molecule has 0 aromatic carbocycles. The molecule has 1 rings (SSSR count). The number of hydrogen-bond acceptors (Lipinski definition) is 10. The zero-order valence-corrected chi connectivity index (χ0v) is 11.1. The van der Waals surface area contributed by atoms with Crippen LogP contribution in [0, 0.1) is 0 Å². The second-order valence-corrected chi connectivity index (χ2v) is 6.63. The lowest BCUT2D eigenvalue weighted by atomic mass is 9.98. The molecule has 1 aliphatic rings. The lowest BCUT2D eigenvalue weighted by molar-refractivity contribution is -0.256. The van der Waals surface area contributed by atoms with Crippen LogP contribution in [0.25, 0.3) is 1.43 Å². The van der Waals surface area contributed by atoms with Crippen LogP contribution in [0.3, 0.4) is 0 Å². The van der Waals surface area contributed by atoms with Crippen molar-refractivity contribution < 1.29 is 51.1 Å². The Morgan fingerprint density at radius 1 is 1.15 bits per heavy atom. The molecule has 1 aliphatic heterocycles. The van der Waals surface area contributed by atoms with Crippen LogP contribution in [0.4, 0.5) is 0 Å². The standard InChI is InChI=1S/C6H13NO11S2/c8-2-1(7-20(15,16)17)5(10)18-4(3(2)9)6(11)19(12,13)14/h1-11H,(H,12,13,14)(H,15,16,17)/t1-,2-,3+,4+,5?,6?/m1/s1/i/hD. The van der Waals surface area contributed by atoms with Gasteiger partial charge in [-0.1, -0.05) is 0 Å². The maximum atomic E-state index is 11.1. The Labute approximate surface area is 114 Å². The Balaban J connectivity index is 2.99. The summed E-state index contributed by atoms with van der Waals surface area (Å²) in [4.78, 5) is 0. The highest BCUT2D eigenvalue weighted by atomic mass is 32.2. The smallest absolute Gasteiger partial charge is 0.333 e. The first-order valence-electron chi connectivity index (χ1n) is 5.32. The van der Waals surface area contributed by atoms with Crippen molar-refractivity contribution >= 4 is 20.4 Å². The fourth-order valence-corrected chi connectivity index (χ4v) is 2.76. The minimum absolute atomic E-state index is 1.34. The van der Waals surface area contributed by atoms with Gasteiger partial charge in [0, 0.05) is 0 Å². The third-order valence-electron chi connectivity index (χ3n) is 2.52. The number of aliphatic hydroxyl groups excluding tert-OH is 4. The average Bonchev–Trinajstić information content (AvgIpc) is 2.37. The summed E-state index contributed by atoms with van der Waals surface area (Å²) >= 11 is 0. The van der Waals surface area contributed by atoms with Crippen molar-refractivity contribution in [3.63, 3.8) is 0 Å². The topological polar surface area (TPSA) is 211 Å². The van der Waals surface area contributed by atoms with E-state index >= 15 is 0 Å². The maximum absolute atomic E-state index is 11.1. The van der Waals surface area contributed by atoms with Gasteiger partial charge in [0.15, 0.2) is 6.29 Å². The molecule has 0 aromatic rings. The molecule has 0 saturated carbocycles. The Kier molecular flexibility index (Phi) is 4.59. The molecule has 1 fully saturated rings. The van der Waals surface area contributed by atoms with E-state index in [0.717, 1.165) is 0 Å². The van der Waals surface area contributed by atoms with Gasteiger partial charge >= 0.3 is 10.3 Å². The van der Waals surface area contributed by atoms with Gasteiger partial charge in [0.2, 0.25) is 6.87 Å². The first kappa shape index (κ1) is 16.0. The molecular formula is C6H13NO11S2. The molecule has 14 heteroatoms. The number of ether oxygens (including phenoxy) is 1. The van der Waals surface area contributed by atoms with Crippen molar-refractivity contribution in [1.82, 2.24) is 4.72 Å². The van der Waals surface area contributed by atoms with E-state index < -0.39 is 56.5 Å². The predicted molar refractivity (Wildman–Crippen MR) is 58.9 cm³/mol. The van der Waals surface area contributed by atoms with E-state index in [-0.39, 0.29) is 0 Å². The molecule has 0 bridgehead atoms. The van der Waals surface area contributed by atoms with Gasteiger partial charge < -0.3 is 25.2 Å². The molecule has 12 nitrogen and oxygen atoms in total. The van der Waals surface area contributed by atoms with Gasteiger partial charge in [0.05, 0.1) is 0 Å². The quantitative estimate of drug-likeness (QED) is 0.236. The number of aliphatic hydroxyl groups is 4. The number of rotatable bonds is 5. The highest BCUT2D eigenvalue weighted by Gasteiger charge is 2.50. The summed E-state index contributed by atoms with van der Waals surface area (Å²) < 4.78 is 67.3. The summed E-state index contributed by atoms with van der Waals surface area (Å²) in [6.07, 6.45) is -8.68. The summed E-state index contributed by atoms with van der Waals surface area (Å²) in [5.41, 5.74) is -2.64. The highest BCUT2D eigenvalue weighted by Crippen LogP contribution is 2.24. The zero-order chi connectivity index (χ0) is 16.6. The van der Waals surface area contributed by atoms with Crippen molar-refractivity contribution in [1.29, 1.82) is 1.43 Å². The lowest BCUT2D eigenvalue weighted by Gasteiger charge is -2.41. The molecule has 6 atom stereocenters. The van der Waals surface area contributed by atoms with Crippen LogP contribution >= 0.6 is 0 Å². The third kappa shape index (κ3) is 4.04. The first-order chi connectivity index (χ1) is 9.40. The van der Waals surface area contributed by atoms with Crippen LogP contribution in [0.2, 0.25) is 0 Å². The summed E-state index contributed by atoms with van der Waals surface area (Å²) in [6, 6.07) is -1.93. The van der Waals surface area contributed by atoms with Gasteiger partial charge in [-0.3, -0.25) is 9.11 Å². The Morgan fingerprint density at radius 3 is 2.15 bits per heavy atom. The molecule has 1 saturated heterocycles. The van der Waals surface area contributed by atoms with Crippen molar-refractivity contribution in [2.45, 2.75) is 36.1 Å². The molecule has 7 N–H and O–H groups in total. The predicted octanol–water partition coefficient (Wildman–Crippen LogP) is -4.61. The first-order valence-corrected chi connectivity index (χ1v) is 7.83. The molecule has 0 aromatic heterocycles.